The topological polar surface area (TPSA) is 57.4 Å². The van der Waals surface area contributed by atoms with Crippen LogP contribution in [0.4, 0.5) is 0 Å². The van der Waals surface area contributed by atoms with Crippen LogP contribution in [0.3, 0.4) is 0 Å². The number of nitrogens with zero attached hydrogens (tertiary/aromatic N) is 2. The van der Waals surface area contributed by atoms with Crippen molar-refractivity contribution in [1.82, 2.24) is 10.1 Å². The molecular weight excluding hydrogens is 256 g/mol. The van der Waals surface area contributed by atoms with Gasteiger partial charge in [-0.15, -0.1) is 0 Å². The second kappa shape index (κ2) is 7.18. The number of aryl methyl sites for hydroxylation is 1. The maximum Gasteiger partial charge on any atom is 0.226 e. The molecule has 2 fully saturated rings. The minimum Gasteiger partial charge on any atom is -0.381 e. The normalized spacial score (nSPS) is 22.2. The summed E-state index contributed by atoms with van der Waals surface area (Å²) in [6.45, 7) is 3.56. The van der Waals surface area contributed by atoms with Crippen LogP contribution in [0.25, 0.3) is 0 Å². The number of aromatic nitrogens is 2. The third-order valence-corrected chi connectivity index (χ3v) is 4.43. The van der Waals surface area contributed by atoms with E-state index in [2.05, 4.69) is 10.1 Å². The van der Waals surface area contributed by atoms with Gasteiger partial charge < -0.3 is 14.0 Å². The molecule has 0 radical (unpaired) electrons. The lowest BCUT2D eigenvalue weighted by Gasteiger charge is -2.21. The second-order valence-corrected chi connectivity index (χ2v) is 5.96. The standard InChI is InChI=1S/C15H24N2O3/c1(12-3-7-18-8-4-12)2-14-16-15(20-17-14)11-13-5-9-19-10-6-13/h12-13H,1-11H2. The number of hydrogen-bond donors (Lipinski definition) is 0. The Bertz CT molecular complexity index is 396. The van der Waals surface area contributed by atoms with Crippen LogP contribution in [0.1, 0.15) is 43.8 Å². The van der Waals surface area contributed by atoms with Gasteiger partial charge in [0.25, 0.3) is 0 Å². The Morgan fingerprint density at radius 3 is 2.25 bits per heavy atom. The number of ether oxygens (including phenoxy) is 2. The molecular formula is C15H24N2O3. The first-order valence-corrected chi connectivity index (χ1v) is 7.87. The molecule has 2 saturated heterocycles. The fourth-order valence-corrected chi connectivity index (χ4v) is 3.04. The van der Waals surface area contributed by atoms with Crippen LogP contribution in [0, 0.1) is 11.8 Å². The van der Waals surface area contributed by atoms with Gasteiger partial charge in [-0.25, -0.2) is 0 Å². The van der Waals surface area contributed by atoms with E-state index < -0.39 is 0 Å². The zero-order chi connectivity index (χ0) is 13.6. The van der Waals surface area contributed by atoms with Crippen molar-refractivity contribution in [3.05, 3.63) is 11.7 Å². The van der Waals surface area contributed by atoms with Gasteiger partial charge in [0.2, 0.25) is 5.89 Å². The van der Waals surface area contributed by atoms with E-state index in [9.17, 15) is 0 Å². The lowest BCUT2D eigenvalue weighted by atomic mass is 9.95. The van der Waals surface area contributed by atoms with Crippen molar-refractivity contribution in [2.45, 2.75) is 44.9 Å². The second-order valence-electron chi connectivity index (χ2n) is 5.96. The molecule has 20 heavy (non-hydrogen) atoms. The zero-order valence-electron chi connectivity index (χ0n) is 12.1. The van der Waals surface area contributed by atoms with E-state index in [4.69, 9.17) is 14.0 Å². The van der Waals surface area contributed by atoms with Crippen molar-refractivity contribution in [1.29, 1.82) is 0 Å². The van der Waals surface area contributed by atoms with E-state index in [1.807, 2.05) is 0 Å². The molecule has 0 atom stereocenters. The Morgan fingerprint density at radius 2 is 1.55 bits per heavy atom. The molecule has 1 aromatic heterocycles. The highest BCUT2D eigenvalue weighted by molar-refractivity contribution is 4.89. The van der Waals surface area contributed by atoms with Gasteiger partial charge in [0.05, 0.1) is 0 Å². The zero-order valence-corrected chi connectivity index (χ0v) is 12.1. The van der Waals surface area contributed by atoms with Gasteiger partial charge in [-0.3, -0.25) is 0 Å². The molecule has 2 aliphatic rings. The van der Waals surface area contributed by atoms with Crippen LogP contribution in [0.15, 0.2) is 4.52 Å². The number of rotatable bonds is 5. The first-order chi connectivity index (χ1) is 9.90. The summed E-state index contributed by atoms with van der Waals surface area (Å²) in [5.74, 6) is 3.09. The van der Waals surface area contributed by atoms with Crippen molar-refractivity contribution in [2.24, 2.45) is 11.8 Å². The summed E-state index contributed by atoms with van der Waals surface area (Å²) in [5.41, 5.74) is 0. The maximum absolute atomic E-state index is 5.38. The number of hydrogen-bond acceptors (Lipinski definition) is 5. The van der Waals surface area contributed by atoms with Crippen molar-refractivity contribution in [3.63, 3.8) is 0 Å². The van der Waals surface area contributed by atoms with Crippen LogP contribution in [0.5, 0.6) is 0 Å². The summed E-state index contributed by atoms with van der Waals surface area (Å²) in [6, 6.07) is 0. The average molecular weight is 280 g/mol. The van der Waals surface area contributed by atoms with E-state index in [1.165, 1.54) is 12.8 Å². The van der Waals surface area contributed by atoms with Gasteiger partial charge in [-0.2, -0.15) is 4.98 Å². The van der Waals surface area contributed by atoms with Crippen molar-refractivity contribution >= 4 is 0 Å². The van der Waals surface area contributed by atoms with Crippen LogP contribution in [0.2, 0.25) is 0 Å². The Hall–Kier alpha value is -0.940. The predicted molar refractivity (Wildman–Crippen MR) is 73.4 cm³/mol. The SMILES string of the molecule is C1CC(CCc2noc(CC3CCOCC3)n2)CCO1. The van der Waals surface area contributed by atoms with E-state index in [0.717, 1.165) is 76.2 Å². The van der Waals surface area contributed by atoms with Crippen molar-refractivity contribution in [3.8, 4) is 0 Å². The fraction of sp³-hybridized carbons (Fsp3) is 0.867. The van der Waals surface area contributed by atoms with Crippen molar-refractivity contribution < 1.29 is 14.0 Å². The predicted octanol–water partition coefficient (Wildman–Crippen LogP) is 2.40. The monoisotopic (exact) mass is 280 g/mol. The molecule has 0 aliphatic carbocycles. The summed E-state index contributed by atoms with van der Waals surface area (Å²) in [4.78, 5) is 4.54. The smallest absolute Gasteiger partial charge is 0.226 e. The summed E-state index contributed by atoms with van der Waals surface area (Å²) < 4.78 is 16.1. The van der Waals surface area contributed by atoms with Gasteiger partial charge in [0.1, 0.15) is 0 Å². The molecule has 0 amide bonds. The molecule has 1 aromatic rings. The fourth-order valence-electron chi connectivity index (χ4n) is 3.04. The molecule has 0 unspecified atom stereocenters. The lowest BCUT2D eigenvalue weighted by molar-refractivity contribution is 0.0638. The summed E-state index contributed by atoms with van der Waals surface area (Å²) >= 11 is 0. The highest BCUT2D eigenvalue weighted by Crippen LogP contribution is 2.21. The van der Waals surface area contributed by atoms with Crippen LogP contribution < -0.4 is 0 Å². The van der Waals surface area contributed by atoms with E-state index in [-0.39, 0.29) is 0 Å². The molecule has 3 heterocycles. The highest BCUT2D eigenvalue weighted by Gasteiger charge is 2.19. The Morgan fingerprint density at radius 1 is 0.900 bits per heavy atom. The summed E-state index contributed by atoms with van der Waals surface area (Å²) in [5, 5.41) is 4.12. The van der Waals surface area contributed by atoms with Gasteiger partial charge in [0, 0.05) is 39.3 Å². The van der Waals surface area contributed by atoms with Crippen LogP contribution in [-0.4, -0.2) is 36.6 Å². The molecule has 3 rings (SSSR count). The van der Waals surface area contributed by atoms with E-state index in [0.29, 0.717) is 5.92 Å². The molecule has 0 N–H and O–H groups in total. The largest absolute Gasteiger partial charge is 0.381 e. The molecule has 5 nitrogen and oxygen atoms in total. The van der Waals surface area contributed by atoms with Crippen LogP contribution in [-0.2, 0) is 22.3 Å². The Kier molecular flexibility index (Phi) is 5.03. The molecule has 0 saturated carbocycles. The molecule has 112 valence electrons. The third kappa shape index (κ3) is 4.03. The van der Waals surface area contributed by atoms with Gasteiger partial charge in [-0.05, 0) is 43.9 Å². The van der Waals surface area contributed by atoms with E-state index in [1.54, 1.807) is 0 Å². The van der Waals surface area contributed by atoms with Gasteiger partial charge in [0.15, 0.2) is 5.82 Å². The first kappa shape index (κ1) is 14.0. The average Bonchev–Trinajstić information content (AvgIpc) is 2.95. The van der Waals surface area contributed by atoms with Gasteiger partial charge in [-0.1, -0.05) is 5.16 Å². The van der Waals surface area contributed by atoms with Crippen molar-refractivity contribution in [2.75, 3.05) is 26.4 Å². The summed E-state index contributed by atoms with van der Waals surface area (Å²) in [6.07, 6.45) is 7.56. The maximum atomic E-state index is 5.38. The lowest BCUT2D eigenvalue weighted by Crippen LogP contribution is -2.17. The summed E-state index contributed by atoms with van der Waals surface area (Å²) in [7, 11) is 0. The van der Waals surface area contributed by atoms with E-state index >= 15 is 0 Å². The molecule has 5 heteroatoms. The molecule has 0 spiro atoms. The molecule has 0 aromatic carbocycles. The first-order valence-electron chi connectivity index (χ1n) is 7.87. The molecule has 2 aliphatic heterocycles. The molecule has 0 bridgehead atoms. The Labute approximate surface area is 120 Å². The highest BCUT2D eigenvalue weighted by atomic mass is 16.5. The minimum atomic E-state index is 0.646. The van der Waals surface area contributed by atoms with Gasteiger partial charge >= 0.3 is 0 Å². The third-order valence-electron chi connectivity index (χ3n) is 4.43. The van der Waals surface area contributed by atoms with Crippen LogP contribution >= 0.6 is 0 Å². The Balaban J connectivity index is 1.43. The quantitative estimate of drug-likeness (QED) is 0.829. The minimum absolute atomic E-state index is 0.646.